The van der Waals surface area contributed by atoms with Gasteiger partial charge in [-0.1, -0.05) is 41.9 Å². The van der Waals surface area contributed by atoms with Crippen molar-refractivity contribution in [1.29, 1.82) is 0 Å². The molecule has 0 fully saturated rings. The van der Waals surface area contributed by atoms with Crippen LogP contribution in [0.1, 0.15) is 38.0 Å². The molecule has 0 aliphatic carbocycles. The fourth-order valence-electron chi connectivity index (χ4n) is 3.25. The van der Waals surface area contributed by atoms with Crippen LogP contribution in [0.5, 0.6) is 5.75 Å². The Bertz CT molecular complexity index is 1190. The number of imide groups is 1. The maximum absolute atomic E-state index is 12.8. The van der Waals surface area contributed by atoms with Crippen molar-refractivity contribution in [3.05, 3.63) is 94.5 Å². The van der Waals surface area contributed by atoms with E-state index in [1.807, 2.05) is 0 Å². The second-order valence-corrected chi connectivity index (χ2v) is 7.07. The normalized spacial score (nSPS) is 12.5. The van der Waals surface area contributed by atoms with Gasteiger partial charge in [-0.3, -0.25) is 14.4 Å². The van der Waals surface area contributed by atoms with E-state index in [1.54, 1.807) is 42.5 Å². The molecule has 4 rings (SSSR count). The Balaban J connectivity index is 1.65. The molecular formula is C23H15ClN2O5. The Morgan fingerprint density at radius 3 is 2.00 bits per heavy atom. The Morgan fingerprint density at radius 2 is 1.45 bits per heavy atom. The van der Waals surface area contributed by atoms with Crippen LogP contribution >= 0.6 is 11.6 Å². The van der Waals surface area contributed by atoms with Crippen LogP contribution in [0, 0.1) is 0 Å². The Morgan fingerprint density at radius 1 is 0.871 bits per heavy atom. The third kappa shape index (κ3) is 3.67. The van der Waals surface area contributed by atoms with E-state index in [4.69, 9.17) is 16.3 Å². The molecule has 154 valence electrons. The monoisotopic (exact) mass is 434 g/mol. The molecule has 7 nitrogen and oxygen atoms in total. The molecule has 8 heteroatoms. The summed E-state index contributed by atoms with van der Waals surface area (Å²) in [6.07, 6.45) is 0. The average Bonchev–Trinajstić information content (AvgIpc) is 3.00. The first-order chi connectivity index (χ1) is 14.9. The van der Waals surface area contributed by atoms with Gasteiger partial charge in [0.2, 0.25) is 5.91 Å². The zero-order valence-corrected chi connectivity index (χ0v) is 17.0. The van der Waals surface area contributed by atoms with E-state index in [1.165, 1.54) is 37.3 Å². The molecular weight excluding hydrogens is 420 g/mol. The zero-order chi connectivity index (χ0) is 22.1. The number of hydrazine groups is 1. The summed E-state index contributed by atoms with van der Waals surface area (Å²) < 4.78 is 5.28. The molecule has 0 aromatic heterocycles. The topological polar surface area (TPSA) is 84.0 Å². The summed E-state index contributed by atoms with van der Waals surface area (Å²) in [7, 11) is 0. The summed E-state index contributed by atoms with van der Waals surface area (Å²) in [4.78, 5) is 50.4. The summed E-state index contributed by atoms with van der Waals surface area (Å²) in [5.41, 5.74) is 0.629. The van der Waals surface area contributed by atoms with Crippen LogP contribution in [0.3, 0.4) is 0 Å². The highest BCUT2D eigenvalue weighted by Crippen LogP contribution is 2.31. The van der Waals surface area contributed by atoms with Crippen molar-refractivity contribution in [3.8, 4) is 5.75 Å². The highest BCUT2D eigenvalue weighted by molar-refractivity contribution is 6.34. The summed E-state index contributed by atoms with van der Waals surface area (Å²) in [5.74, 6) is -2.16. The minimum absolute atomic E-state index is 0.00119. The number of carbonyl (C=O) groups excluding carboxylic acids is 4. The van der Waals surface area contributed by atoms with Crippen LogP contribution in [0.25, 0.3) is 0 Å². The number of hydrogen-bond donors (Lipinski definition) is 0. The molecule has 31 heavy (non-hydrogen) atoms. The molecule has 0 radical (unpaired) electrons. The maximum atomic E-state index is 12.8. The van der Waals surface area contributed by atoms with Gasteiger partial charge in [-0.15, -0.1) is 0 Å². The third-order valence-electron chi connectivity index (χ3n) is 4.64. The van der Waals surface area contributed by atoms with E-state index in [-0.39, 0.29) is 27.4 Å². The maximum Gasteiger partial charge on any atom is 0.345 e. The summed E-state index contributed by atoms with van der Waals surface area (Å²) in [6, 6.07) is 18.9. The van der Waals surface area contributed by atoms with Gasteiger partial charge in [0.15, 0.2) is 0 Å². The number of carbonyl (C=O) groups is 4. The third-order valence-corrected chi connectivity index (χ3v) is 4.95. The van der Waals surface area contributed by atoms with Gasteiger partial charge in [0.05, 0.1) is 27.4 Å². The number of ether oxygens (including phenoxy) is 1. The molecule has 0 N–H and O–H groups in total. The van der Waals surface area contributed by atoms with Crippen molar-refractivity contribution in [2.45, 2.75) is 6.92 Å². The van der Waals surface area contributed by atoms with Gasteiger partial charge in [0.1, 0.15) is 5.75 Å². The van der Waals surface area contributed by atoms with E-state index in [2.05, 4.69) is 0 Å². The van der Waals surface area contributed by atoms with E-state index >= 15 is 0 Å². The minimum atomic E-state index is -0.683. The number of amides is 3. The zero-order valence-electron chi connectivity index (χ0n) is 16.2. The van der Waals surface area contributed by atoms with Gasteiger partial charge < -0.3 is 4.74 Å². The van der Waals surface area contributed by atoms with Gasteiger partial charge in [0, 0.05) is 6.92 Å². The van der Waals surface area contributed by atoms with Crippen LogP contribution in [0.4, 0.5) is 5.69 Å². The predicted molar refractivity (Wildman–Crippen MR) is 113 cm³/mol. The number of halogens is 1. The summed E-state index contributed by atoms with van der Waals surface area (Å²) in [5, 5.41) is 1.70. The minimum Gasteiger partial charge on any atom is -0.423 e. The molecule has 0 unspecified atom stereocenters. The number of rotatable bonds is 4. The van der Waals surface area contributed by atoms with Gasteiger partial charge in [-0.05, 0) is 42.5 Å². The lowest BCUT2D eigenvalue weighted by molar-refractivity contribution is -0.118. The lowest BCUT2D eigenvalue weighted by Gasteiger charge is -2.29. The first-order valence-electron chi connectivity index (χ1n) is 9.23. The molecule has 0 saturated heterocycles. The van der Waals surface area contributed by atoms with E-state index < -0.39 is 23.7 Å². The SMILES string of the molecule is CC(=O)N(c1ccc(C(=O)Oc2ccccc2)c(Cl)c1)N1C(=O)c2ccccc2C1=O. The Kier molecular flexibility index (Phi) is 5.27. The lowest BCUT2D eigenvalue weighted by Crippen LogP contribution is -2.49. The first kappa shape index (κ1) is 20.3. The number of benzene rings is 3. The molecule has 0 atom stereocenters. The van der Waals surface area contributed by atoms with Crippen molar-refractivity contribution < 1.29 is 23.9 Å². The molecule has 3 aromatic rings. The number of hydrogen-bond acceptors (Lipinski definition) is 5. The summed E-state index contributed by atoms with van der Waals surface area (Å²) in [6.45, 7) is 1.22. The number of nitrogens with zero attached hydrogens (tertiary/aromatic N) is 2. The number of fused-ring (bicyclic) bond motifs is 1. The van der Waals surface area contributed by atoms with Crippen molar-refractivity contribution in [3.63, 3.8) is 0 Å². The molecule has 1 aliphatic rings. The van der Waals surface area contributed by atoms with Crippen molar-refractivity contribution >= 4 is 41.0 Å². The van der Waals surface area contributed by atoms with E-state index in [9.17, 15) is 19.2 Å². The van der Waals surface area contributed by atoms with E-state index in [0.717, 1.165) is 10.0 Å². The van der Waals surface area contributed by atoms with Gasteiger partial charge in [-0.2, -0.15) is 5.01 Å². The van der Waals surface area contributed by atoms with Gasteiger partial charge >= 0.3 is 5.97 Å². The molecule has 3 amide bonds. The molecule has 1 aliphatic heterocycles. The van der Waals surface area contributed by atoms with Crippen molar-refractivity contribution in [2.24, 2.45) is 0 Å². The smallest absolute Gasteiger partial charge is 0.345 e. The molecule has 0 bridgehead atoms. The Labute approximate surface area is 182 Å². The lowest BCUT2D eigenvalue weighted by atomic mass is 10.1. The first-order valence-corrected chi connectivity index (χ1v) is 9.61. The van der Waals surface area contributed by atoms with Crippen LogP contribution in [0.2, 0.25) is 5.02 Å². The van der Waals surface area contributed by atoms with Crippen LogP contribution < -0.4 is 9.75 Å². The molecule has 0 spiro atoms. The summed E-state index contributed by atoms with van der Waals surface area (Å²) >= 11 is 6.28. The molecule has 1 heterocycles. The average molecular weight is 435 g/mol. The van der Waals surface area contributed by atoms with Crippen LogP contribution in [-0.2, 0) is 4.79 Å². The molecule has 0 saturated carbocycles. The van der Waals surface area contributed by atoms with Crippen LogP contribution in [0.15, 0.2) is 72.8 Å². The fraction of sp³-hybridized carbons (Fsp3) is 0.0435. The largest absolute Gasteiger partial charge is 0.423 e. The number of esters is 1. The second kappa shape index (κ2) is 8.04. The highest BCUT2D eigenvalue weighted by Gasteiger charge is 2.41. The quantitative estimate of drug-likeness (QED) is 0.350. The fourth-order valence-corrected chi connectivity index (χ4v) is 3.50. The van der Waals surface area contributed by atoms with Gasteiger partial charge in [-0.25, -0.2) is 9.80 Å². The predicted octanol–water partition coefficient (Wildman–Crippen LogP) is 4.12. The number of anilines is 1. The second-order valence-electron chi connectivity index (χ2n) is 6.67. The standard InChI is InChI=1S/C23H15ClN2O5/c1-14(27)25(26-21(28)17-9-5-6-10-18(17)22(26)29)15-11-12-19(20(24)13-15)23(30)31-16-7-3-2-4-8-16/h2-13H,1H3. The Hall–Kier alpha value is -3.97. The van der Waals surface area contributed by atoms with Crippen LogP contribution in [-0.4, -0.2) is 28.7 Å². The highest BCUT2D eigenvalue weighted by atomic mass is 35.5. The van der Waals surface area contributed by atoms with E-state index in [0.29, 0.717) is 5.75 Å². The van der Waals surface area contributed by atoms with Gasteiger partial charge in [0.25, 0.3) is 11.8 Å². The van der Waals surface area contributed by atoms with Crippen molar-refractivity contribution in [2.75, 3.05) is 5.01 Å². The molecule has 3 aromatic carbocycles. The van der Waals surface area contributed by atoms with Crippen molar-refractivity contribution in [1.82, 2.24) is 5.01 Å². The number of para-hydroxylation sites is 1.